The minimum atomic E-state index is -1.39. The van der Waals surface area contributed by atoms with Crippen molar-refractivity contribution in [3.05, 3.63) is 70.8 Å². The summed E-state index contributed by atoms with van der Waals surface area (Å²) in [5.74, 6) is -0.361. The molecule has 0 radical (unpaired) electrons. The Bertz CT molecular complexity index is 801. The van der Waals surface area contributed by atoms with Gasteiger partial charge in [-0.15, -0.1) is 0 Å². The molecule has 5 unspecified atom stereocenters. The summed E-state index contributed by atoms with van der Waals surface area (Å²) in [6.07, 6.45) is -4.22. The zero-order valence-corrected chi connectivity index (χ0v) is 16.1. The first-order chi connectivity index (χ1) is 13.9. The molecule has 2 aromatic rings. The summed E-state index contributed by atoms with van der Waals surface area (Å²) < 4.78 is 10.3. The van der Waals surface area contributed by atoms with E-state index in [-0.39, 0.29) is 5.97 Å². The van der Waals surface area contributed by atoms with Gasteiger partial charge in [0.2, 0.25) is 0 Å². The number of esters is 1. The molecular weight excluding hydrogens is 376 g/mol. The van der Waals surface area contributed by atoms with Crippen molar-refractivity contribution in [2.24, 2.45) is 0 Å². The zero-order chi connectivity index (χ0) is 21.0. The van der Waals surface area contributed by atoms with Crippen LogP contribution in [-0.2, 0) is 22.3 Å². The van der Waals surface area contributed by atoms with Crippen molar-refractivity contribution in [2.75, 3.05) is 13.7 Å². The van der Waals surface area contributed by atoms with E-state index in [4.69, 9.17) is 9.47 Å². The lowest BCUT2D eigenvalue weighted by atomic mass is 9.90. The molecule has 7 nitrogen and oxygen atoms in total. The molecule has 1 aliphatic heterocycles. The molecule has 5 atom stereocenters. The van der Waals surface area contributed by atoms with Crippen molar-refractivity contribution in [2.45, 2.75) is 43.4 Å². The number of carbonyl (C=O) groups excluding carboxylic acids is 1. The number of methoxy groups -OCH3 is 1. The van der Waals surface area contributed by atoms with Crippen LogP contribution in [0.5, 0.6) is 0 Å². The van der Waals surface area contributed by atoms with E-state index in [1.54, 1.807) is 12.1 Å². The number of ether oxygens (including phenoxy) is 2. The Labute approximate surface area is 169 Å². The molecule has 1 aliphatic rings. The Hall–Kier alpha value is -2.29. The van der Waals surface area contributed by atoms with Crippen LogP contribution in [-0.4, -0.2) is 64.5 Å². The standard InChI is InChI=1S/C22H26O7/c1-28-22(27)16-10-6-14(7-11-16)3-2-13-4-8-15(9-5-13)21-20(26)19(25)18(24)17(12-23)29-21/h4-11,17-21,23-26H,2-3,12H2,1H3. The molecule has 7 heteroatoms. The van der Waals surface area contributed by atoms with E-state index in [9.17, 15) is 25.2 Å². The average Bonchev–Trinajstić information content (AvgIpc) is 2.76. The first-order valence-electron chi connectivity index (χ1n) is 9.51. The fourth-order valence-electron chi connectivity index (χ4n) is 3.47. The minimum absolute atomic E-state index is 0.361. The van der Waals surface area contributed by atoms with Gasteiger partial charge in [0.25, 0.3) is 0 Å². The largest absolute Gasteiger partial charge is 0.465 e. The van der Waals surface area contributed by atoms with Crippen LogP contribution >= 0.6 is 0 Å². The van der Waals surface area contributed by atoms with Gasteiger partial charge in [0.05, 0.1) is 19.3 Å². The summed E-state index contributed by atoms with van der Waals surface area (Å²) in [6.45, 7) is -0.450. The molecule has 0 aliphatic carbocycles. The van der Waals surface area contributed by atoms with Crippen LogP contribution in [0.4, 0.5) is 0 Å². The number of aliphatic hydroxyl groups is 4. The molecule has 1 heterocycles. The lowest BCUT2D eigenvalue weighted by molar-refractivity contribution is -0.231. The second-order valence-electron chi connectivity index (χ2n) is 7.18. The van der Waals surface area contributed by atoms with E-state index in [1.807, 2.05) is 36.4 Å². The minimum Gasteiger partial charge on any atom is -0.465 e. The highest BCUT2D eigenvalue weighted by Gasteiger charge is 2.43. The molecule has 0 aromatic heterocycles. The lowest BCUT2D eigenvalue weighted by Crippen LogP contribution is -2.55. The van der Waals surface area contributed by atoms with Gasteiger partial charge in [-0.2, -0.15) is 0 Å². The van der Waals surface area contributed by atoms with Gasteiger partial charge < -0.3 is 29.9 Å². The first kappa shape index (κ1) is 21.4. The zero-order valence-electron chi connectivity index (χ0n) is 16.1. The van der Waals surface area contributed by atoms with Crippen LogP contribution in [0.1, 0.15) is 33.2 Å². The summed E-state index contributed by atoms with van der Waals surface area (Å²) in [7, 11) is 1.35. The molecule has 29 heavy (non-hydrogen) atoms. The third kappa shape index (κ3) is 4.83. The number of carbonyl (C=O) groups is 1. The number of aryl methyl sites for hydroxylation is 2. The quantitative estimate of drug-likeness (QED) is 0.528. The van der Waals surface area contributed by atoms with Crippen LogP contribution in [0.25, 0.3) is 0 Å². The average molecular weight is 402 g/mol. The summed E-state index contributed by atoms with van der Waals surface area (Å²) in [4.78, 5) is 11.5. The fourth-order valence-corrected chi connectivity index (χ4v) is 3.47. The van der Waals surface area contributed by atoms with Gasteiger partial charge >= 0.3 is 5.97 Å². The van der Waals surface area contributed by atoms with E-state index in [0.717, 1.165) is 24.0 Å². The van der Waals surface area contributed by atoms with Crippen molar-refractivity contribution in [3.8, 4) is 0 Å². The molecule has 0 bridgehead atoms. The second kappa shape index (κ2) is 9.47. The SMILES string of the molecule is COC(=O)c1ccc(CCc2ccc(C3OC(CO)C(O)C(O)C3O)cc2)cc1. The van der Waals surface area contributed by atoms with Gasteiger partial charge in [0.15, 0.2) is 0 Å². The summed E-state index contributed by atoms with van der Waals surface area (Å²) in [5.41, 5.74) is 3.35. The lowest BCUT2D eigenvalue weighted by Gasteiger charge is -2.40. The Morgan fingerprint density at radius 2 is 1.45 bits per heavy atom. The molecule has 4 N–H and O–H groups in total. The molecule has 0 amide bonds. The van der Waals surface area contributed by atoms with E-state index in [2.05, 4.69) is 0 Å². The van der Waals surface area contributed by atoms with Gasteiger partial charge in [0.1, 0.15) is 30.5 Å². The van der Waals surface area contributed by atoms with E-state index < -0.39 is 37.1 Å². The number of hydrogen-bond acceptors (Lipinski definition) is 7. The van der Waals surface area contributed by atoms with Crippen LogP contribution in [0.15, 0.2) is 48.5 Å². The highest BCUT2D eigenvalue weighted by molar-refractivity contribution is 5.89. The molecule has 0 spiro atoms. The van der Waals surface area contributed by atoms with Crippen LogP contribution < -0.4 is 0 Å². The van der Waals surface area contributed by atoms with Crippen LogP contribution in [0.2, 0.25) is 0 Å². The van der Waals surface area contributed by atoms with Crippen molar-refractivity contribution >= 4 is 5.97 Å². The monoisotopic (exact) mass is 402 g/mol. The Balaban J connectivity index is 1.62. The summed E-state index contributed by atoms with van der Waals surface area (Å²) >= 11 is 0. The second-order valence-corrected chi connectivity index (χ2v) is 7.18. The third-order valence-corrected chi connectivity index (χ3v) is 5.28. The number of benzene rings is 2. The van der Waals surface area contributed by atoms with Crippen molar-refractivity contribution in [3.63, 3.8) is 0 Å². The van der Waals surface area contributed by atoms with Gasteiger partial charge in [-0.1, -0.05) is 36.4 Å². The number of hydrogen-bond donors (Lipinski definition) is 4. The Kier molecular flexibility index (Phi) is 7.00. The Morgan fingerprint density at radius 3 is 1.97 bits per heavy atom. The van der Waals surface area contributed by atoms with Gasteiger partial charge in [-0.3, -0.25) is 0 Å². The van der Waals surface area contributed by atoms with Gasteiger partial charge in [0, 0.05) is 0 Å². The van der Waals surface area contributed by atoms with E-state index in [0.29, 0.717) is 11.1 Å². The molecule has 0 saturated carbocycles. The normalized spacial score (nSPS) is 26.9. The highest BCUT2D eigenvalue weighted by atomic mass is 16.5. The predicted octanol–water partition coefficient (Wildman–Crippen LogP) is 0.773. The van der Waals surface area contributed by atoms with Gasteiger partial charge in [-0.05, 0) is 41.7 Å². The molecule has 156 valence electrons. The Morgan fingerprint density at radius 1 is 0.897 bits per heavy atom. The van der Waals surface area contributed by atoms with Crippen molar-refractivity contribution < 1.29 is 34.7 Å². The first-order valence-corrected chi connectivity index (χ1v) is 9.51. The molecule has 3 rings (SSSR count). The van der Waals surface area contributed by atoms with Crippen LogP contribution in [0.3, 0.4) is 0 Å². The maximum absolute atomic E-state index is 11.5. The summed E-state index contributed by atoms with van der Waals surface area (Å²) in [5, 5.41) is 39.4. The van der Waals surface area contributed by atoms with Gasteiger partial charge in [-0.25, -0.2) is 4.79 Å². The topological polar surface area (TPSA) is 116 Å². The summed E-state index contributed by atoms with van der Waals surface area (Å²) in [6, 6.07) is 14.7. The van der Waals surface area contributed by atoms with E-state index >= 15 is 0 Å². The van der Waals surface area contributed by atoms with Crippen molar-refractivity contribution in [1.82, 2.24) is 0 Å². The van der Waals surface area contributed by atoms with Crippen molar-refractivity contribution in [1.29, 1.82) is 0 Å². The third-order valence-electron chi connectivity index (χ3n) is 5.28. The van der Waals surface area contributed by atoms with Crippen LogP contribution in [0, 0.1) is 0 Å². The molecule has 2 aromatic carbocycles. The maximum atomic E-state index is 11.5. The number of rotatable bonds is 6. The molecule has 1 fully saturated rings. The predicted molar refractivity (Wildman–Crippen MR) is 104 cm³/mol. The number of aliphatic hydroxyl groups excluding tert-OH is 4. The molecule has 1 saturated heterocycles. The molecular formula is C22H26O7. The smallest absolute Gasteiger partial charge is 0.337 e. The fraction of sp³-hybridized carbons (Fsp3) is 0.409. The highest BCUT2D eigenvalue weighted by Crippen LogP contribution is 2.32. The van der Waals surface area contributed by atoms with E-state index in [1.165, 1.54) is 7.11 Å². The maximum Gasteiger partial charge on any atom is 0.337 e.